The van der Waals surface area contributed by atoms with Crippen molar-refractivity contribution in [3.8, 4) is 0 Å². The number of nitrogens with one attached hydrogen (secondary N) is 1. The molecule has 1 aliphatic heterocycles. The summed E-state index contributed by atoms with van der Waals surface area (Å²) in [6.07, 6.45) is 0.732. The summed E-state index contributed by atoms with van der Waals surface area (Å²) in [5.74, 6) is -5.79. The van der Waals surface area contributed by atoms with E-state index >= 15 is 0 Å². The van der Waals surface area contributed by atoms with Crippen molar-refractivity contribution < 1.29 is 38.0 Å². The van der Waals surface area contributed by atoms with Crippen LogP contribution in [0, 0.1) is 27.7 Å². The Balaban J connectivity index is 1.67. The Morgan fingerprint density at radius 1 is 1.03 bits per heavy atom. The number of carbonyl (C=O) groups excluding carboxylic acids is 3. The average molecular weight is 545 g/mol. The summed E-state index contributed by atoms with van der Waals surface area (Å²) < 4.78 is 27.7. The first-order valence-electron chi connectivity index (χ1n) is 12.4. The van der Waals surface area contributed by atoms with Crippen molar-refractivity contribution in [3.05, 3.63) is 75.3 Å². The van der Waals surface area contributed by atoms with Crippen LogP contribution in [-0.2, 0) is 14.4 Å². The van der Waals surface area contributed by atoms with Crippen molar-refractivity contribution >= 4 is 29.4 Å². The zero-order valence-corrected chi connectivity index (χ0v) is 20.7. The van der Waals surface area contributed by atoms with E-state index in [1.54, 1.807) is 0 Å². The van der Waals surface area contributed by atoms with Gasteiger partial charge in [0.1, 0.15) is 11.6 Å². The lowest BCUT2D eigenvalue weighted by Crippen LogP contribution is -2.55. The molecule has 2 unspecified atom stereocenters. The minimum atomic E-state index is -1.52. The second-order valence-electron chi connectivity index (χ2n) is 9.55. The SMILES string of the molecule is O=C(O)CC(NC(=O)C1N(C(=O)c2cc(F)cc(F)c2)CCN1C(=O)C1CCCC1)c1cccc([N+](=O)[O-])c1. The van der Waals surface area contributed by atoms with Crippen molar-refractivity contribution in [2.75, 3.05) is 13.1 Å². The molecular formula is C26H26F2N4O7. The van der Waals surface area contributed by atoms with E-state index in [2.05, 4.69) is 5.32 Å². The predicted octanol–water partition coefficient (Wildman–Crippen LogP) is 3.01. The Bertz CT molecular complexity index is 1290. The Labute approximate surface area is 221 Å². The summed E-state index contributed by atoms with van der Waals surface area (Å²) in [5.41, 5.74) is -0.543. The molecule has 2 fully saturated rings. The first-order valence-corrected chi connectivity index (χ1v) is 12.4. The Hall–Kier alpha value is -4.42. The molecule has 13 heteroatoms. The summed E-state index contributed by atoms with van der Waals surface area (Å²) in [5, 5.41) is 23.2. The van der Waals surface area contributed by atoms with Gasteiger partial charge in [-0.2, -0.15) is 0 Å². The summed E-state index contributed by atoms with van der Waals surface area (Å²) in [7, 11) is 0. The van der Waals surface area contributed by atoms with Crippen LogP contribution in [0.2, 0.25) is 0 Å². The number of rotatable bonds is 8. The quantitative estimate of drug-likeness (QED) is 0.383. The molecule has 2 N–H and O–H groups in total. The Morgan fingerprint density at radius 3 is 2.28 bits per heavy atom. The van der Waals surface area contributed by atoms with E-state index < -0.39 is 53.0 Å². The van der Waals surface area contributed by atoms with Gasteiger partial charge >= 0.3 is 5.97 Å². The van der Waals surface area contributed by atoms with Gasteiger partial charge < -0.3 is 20.2 Å². The minimum absolute atomic E-state index is 0.0165. The average Bonchev–Trinajstić information content (AvgIpc) is 3.57. The normalized spacial score (nSPS) is 18.2. The van der Waals surface area contributed by atoms with Gasteiger partial charge in [0.05, 0.1) is 17.4 Å². The van der Waals surface area contributed by atoms with Crippen molar-refractivity contribution in [2.24, 2.45) is 5.92 Å². The van der Waals surface area contributed by atoms with E-state index in [1.807, 2.05) is 0 Å². The topological polar surface area (TPSA) is 150 Å². The number of amides is 3. The van der Waals surface area contributed by atoms with Gasteiger partial charge in [0.25, 0.3) is 17.5 Å². The maximum Gasteiger partial charge on any atom is 0.305 e. The van der Waals surface area contributed by atoms with Crippen LogP contribution in [-0.4, -0.2) is 62.8 Å². The van der Waals surface area contributed by atoms with Crippen LogP contribution in [0.25, 0.3) is 0 Å². The third-order valence-electron chi connectivity index (χ3n) is 6.94. The number of nitro groups is 1. The molecule has 0 spiro atoms. The number of carboxylic acids is 1. The van der Waals surface area contributed by atoms with E-state index in [0.717, 1.165) is 35.9 Å². The number of hydrogen-bond donors (Lipinski definition) is 2. The number of hydrogen-bond acceptors (Lipinski definition) is 6. The zero-order chi connectivity index (χ0) is 28.3. The number of halogens is 2. The maximum atomic E-state index is 13.9. The van der Waals surface area contributed by atoms with Crippen LogP contribution >= 0.6 is 0 Å². The molecule has 0 radical (unpaired) electrons. The second-order valence-corrected chi connectivity index (χ2v) is 9.55. The lowest BCUT2D eigenvalue weighted by Gasteiger charge is -2.32. The monoisotopic (exact) mass is 544 g/mol. The Kier molecular flexibility index (Phi) is 8.17. The number of nitrogens with zero attached hydrogens (tertiary/aromatic N) is 3. The number of aliphatic carboxylic acids is 1. The largest absolute Gasteiger partial charge is 0.481 e. The van der Waals surface area contributed by atoms with E-state index in [-0.39, 0.29) is 41.7 Å². The van der Waals surface area contributed by atoms with Gasteiger partial charge in [-0.05, 0) is 30.5 Å². The van der Waals surface area contributed by atoms with Gasteiger partial charge in [0.2, 0.25) is 5.91 Å². The highest BCUT2D eigenvalue weighted by Gasteiger charge is 2.45. The molecule has 0 bridgehead atoms. The van der Waals surface area contributed by atoms with Crippen LogP contribution in [0.5, 0.6) is 0 Å². The predicted molar refractivity (Wildman–Crippen MR) is 131 cm³/mol. The van der Waals surface area contributed by atoms with Crippen LogP contribution in [0.4, 0.5) is 14.5 Å². The highest BCUT2D eigenvalue weighted by atomic mass is 19.1. The molecule has 2 aliphatic rings. The molecule has 1 saturated heterocycles. The molecule has 2 aromatic carbocycles. The second kappa shape index (κ2) is 11.5. The highest BCUT2D eigenvalue weighted by Crippen LogP contribution is 2.30. The van der Waals surface area contributed by atoms with Crippen molar-refractivity contribution in [1.82, 2.24) is 15.1 Å². The van der Waals surface area contributed by atoms with E-state index in [9.17, 15) is 43.2 Å². The van der Waals surface area contributed by atoms with Crippen LogP contribution < -0.4 is 5.32 Å². The number of benzene rings is 2. The molecule has 0 aromatic heterocycles. The van der Waals surface area contributed by atoms with Crippen LogP contribution in [0.15, 0.2) is 42.5 Å². The van der Waals surface area contributed by atoms with Gasteiger partial charge in [-0.25, -0.2) is 8.78 Å². The minimum Gasteiger partial charge on any atom is -0.481 e. The molecule has 11 nitrogen and oxygen atoms in total. The van der Waals surface area contributed by atoms with Gasteiger partial charge in [-0.15, -0.1) is 0 Å². The molecular weight excluding hydrogens is 518 g/mol. The zero-order valence-electron chi connectivity index (χ0n) is 20.7. The van der Waals surface area contributed by atoms with Crippen molar-refractivity contribution in [3.63, 3.8) is 0 Å². The number of carbonyl (C=O) groups is 4. The summed E-state index contributed by atoms with van der Waals surface area (Å²) >= 11 is 0. The number of carboxylic acid groups (broad SMARTS) is 1. The third-order valence-corrected chi connectivity index (χ3v) is 6.94. The fourth-order valence-corrected chi connectivity index (χ4v) is 5.13. The first-order chi connectivity index (χ1) is 18.5. The molecule has 206 valence electrons. The molecule has 1 aliphatic carbocycles. The van der Waals surface area contributed by atoms with Gasteiger partial charge in [-0.3, -0.25) is 29.3 Å². The number of nitro benzene ring substituents is 1. The number of non-ortho nitro benzene ring substituents is 1. The molecule has 1 heterocycles. The van der Waals surface area contributed by atoms with Crippen molar-refractivity contribution in [2.45, 2.75) is 44.3 Å². The third kappa shape index (κ3) is 6.19. The lowest BCUT2D eigenvalue weighted by molar-refractivity contribution is -0.384. The highest BCUT2D eigenvalue weighted by molar-refractivity contribution is 5.99. The fourth-order valence-electron chi connectivity index (χ4n) is 5.13. The van der Waals surface area contributed by atoms with Crippen molar-refractivity contribution in [1.29, 1.82) is 0 Å². The van der Waals surface area contributed by atoms with Crippen LogP contribution in [0.3, 0.4) is 0 Å². The Morgan fingerprint density at radius 2 is 1.67 bits per heavy atom. The lowest BCUT2D eigenvalue weighted by atomic mass is 10.0. The van der Waals surface area contributed by atoms with Gasteiger partial charge in [0, 0.05) is 42.8 Å². The van der Waals surface area contributed by atoms with E-state index in [0.29, 0.717) is 18.9 Å². The molecule has 39 heavy (non-hydrogen) atoms. The van der Waals surface area contributed by atoms with E-state index in [4.69, 9.17) is 0 Å². The van der Waals surface area contributed by atoms with Gasteiger partial charge in [0.15, 0.2) is 6.17 Å². The molecule has 2 aromatic rings. The van der Waals surface area contributed by atoms with Gasteiger partial charge in [-0.1, -0.05) is 25.0 Å². The fraction of sp³-hybridized carbons (Fsp3) is 0.385. The molecule has 1 saturated carbocycles. The summed E-state index contributed by atoms with van der Waals surface area (Å²) in [4.78, 5) is 64.7. The van der Waals surface area contributed by atoms with Crippen LogP contribution in [0.1, 0.15) is 54.1 Å². The smallest absolute Gasteiger partial charge is 0.305 e. The van der Waals surface area contributed by atoms with E-state index in [1.165, 1.54) is 23.1 Å². The summed E-state index contributed by atoms with van der Waals surface area (Å²) in [6.45, 7) is -0.120. The maximum absolute atomic E-state index is 13.9. The summed E-state index contributed by atoms with van der Waals surface area (Å²) in [6, 6.07) is 6.09. The standard InChI is InChI=1S/C26H26F2N4O7/c27-18-10-17(11-19(28)13-18)26(37)31-9-8-30(25(36)15-4-1-2-5-15)24(31)23(35)29-21(14-22(33)34)16-6-3-7-20(12-16)32(38)39/h3,6-7,10-13,15,21,24H,1-2,4-5,8-9,14H2,(H,29,35)(H,33,34). The molecule has 3 amide bonds. The first kappa shape index (κ1) is 27.6. The molecule has 4 rings (SSSR count). The molecule has 2 atom stereocenters.